The van der Waals surface area contributed by atoms with Gasteiger partial charge < -0.3 is 5.11 Å². The smallest absolute Gasteiger partial charge is 0.356 e. The minimum Gasteiger partial charge on any atom is -0.476 e. The second kappa shape index (κ2) is 5.61. The van der Waals surface area contributed by atoms with Crippen LogP contribution in [0.4, 0.5) is 10.1 Å². The van der Waals surface area contributed by atoms with Crippen LogP contribution in [0.1, 0.15) is 10.5 Å². The number of aromatic carboxylic acids is 1. The molecule has 0 aliphatic rings. The van der Waals surface area contributed by atoms with Crippen LogP contribution < -0.4 is 4.72 Å². The van der Waals surface area contributed by atoms with Crippen LogP contribution >= 0.6 is 33.9 Å². The summed E-state index contributed by atoms with van der Waals surface area (Å²) in [7, 11) is -4.08. The van der Waals surface area contributed by atoms with E-state index < -0.39 is 31.7 Å². The number of halogens is 2. The monoisotopic (exact) mass is 428 g/mol. The largest absolute Gasteiger partial charge is 0.476 e. The molecule has 106 valence electrons. The Bertz CT molecular complexity index is 775. The molecule has 0 unspecified atom stereocenters. The van der Waals surface area contributed by atoms with Crippen LogP contribution in [-0.2, 0) is 10.0 Å². The number of anilines is 1. The molecule has 0 aliphatic heterocycles. The van der Waals surface area contributed by atoms with Gasteiger partial charge in [0, 0.05) is 3.57 Å². The molecule has 1 aromatic carbocycles. The maximum atomic E-state index is 13.0. The second-order valence-corrected chi connectivity index (χ2v) is 7.42. The summed E-state index contributed by atoms with van der Waals surface area (Å²) < 4.78 is 39.4. The van der Waals surface area contributed by atoms with Gasteiger partial charge in [-0.2, -0.15) is 0 Å². The lowest BCUT2D eigenvalue weighted by Crippen LogP contribution is -2.16. The average Bonchev–Trinajstić information content (AvgIpc) is 2.82. The number of aromatic nitrogens is 1. The molecule has 10 heteroatoms. The Morgan fingerprint density at radius 2 is 2.15 bits per heavy atom. The summed E-state index contributed by atoms with van der Waals surface area (Å²) in [5.41, 5.74) is 0.754. The van der Waals surface area contributed by atoms with Gasteiger partial charge in [-0.25, -0.2) is 22.6 Å². The van der Waals surface area contributed by atoms with E-state index in [0.29, 0.717) is 14.9 Å². The predicted molar refractivity (Wildman–Crippen MR) is 79.0 cm³/mol. The maximum Gasteiger partial charge on any atom is 0.356 e. The number of thiazole rings is 1. The summed E-state index contributed by atoms with van der Waals surface area (Å²) in [4.78, 5) is 14.4. The summed E-state index contributed by atoms with van der Waals surface area (Å²) in [5.74, 6) is -1.93. The second-order valence-electron chi connectivity index (χ2n) is 3.52. The first-order valence-electron chi connectivity index (χ1n) is 4.96. The SMILES string of the molecule is O=C(O)c1ncsc1S(=O)(=O)Nc1ccc(F)cc1I. The van der Waals surface area contributed by atoms with Gasteiger partial charge in [0.15, 0.2) is 9.90 Å². The van der Waals surface area contributed by atoms with Crippen molar-refractivity contribution in [3.05, 3.63) is 38.8 Å². The Morgan fingerprint density at radius 1 is 1.45 bits per heavy atom. The molecule has 0 saturated carbocycles. The van der Waals surface area contributed by atoms with Crippen molar-refractivity contribution >= 4 is 55.6 Å². The van der Waals surface area contributed by atoms with E-state index in [2.05, 4.69) is 9.71 Å². The summed E-state index contributed by atoms with van der Waals surface area (Å²) in [5, 5.41) is 8.88. The van der Waals surface area contributed by atoms with Crippen LogP contribution in [0.5, 0.6) is 0 Å². The van der Waals surface area contributed by atoms with Gasteiger partial charge in [-0.1, -0.05) is 0 Å². The molecule has 0 atom stereocenters. The fourth-order valence-corrected chi connectivity index (χ4v) is 4.35. The Hall–Kier alpha value is -1.27. The van der Waals surface area contributed by atoms with Gasteiger partial charge in [0.2, 0.25) is 0 Å². The molecule has 2 rings (SSSR count). The Balaban J connectivity index is 2.41. The van der Waals surface area contributed by atoms with Crippen molar-refractivity contribution in [1.82, 2.24) is 4.98 Å². The standard InChI is InChI=1S/C10H6FIN2O4S2/c11-5-1-2-7(6(12)3-5)14-20(17,18)10-8(9(15)16)13-4-19-10/h1-4,14H,(H,15,16). The van der Waals surface area contributed by atoms with Crippen LogP contribution in [0.25, 0.3) is 0 Å². The number of nitrogens with one attached hydrogen (secondary N) is 1. The van der Waals surface area contributed by atoms with Crippen LogP contribution in [-0.4, -0.2) is 24.5 Å². The van der Waals surface area contributed by atoms with Crippen molar-refractivity contribution in [2.24, 2.45) is 0 Å². The molecule has 1 heterocycles. The fourth-order valence-electron chi connectivity index (χ4n) is 1.33. The summed E-state index contributed by atoms with van der Waals surface area (Å²) in [6, 6.07) is 3.52. The molecule has 2 aromatic rings. The van der Waals surface area contributed by atoms with E-state index in [1.165, 1.54) is 6.07 Å². The van der Waals surface area contributed by atoms with E-state index in [4.69, 9.17) is 5.11 Å². The van der Waals surface area contributed by atoms with E-state index in [0.717, 1.165) is 17.6 Å². The highest BCUT2D eigenvalue weighted by Crippen LogP contribution is 2.26. The van der Waals surface area contributed by atoms with Gasteiger partial charge in [-0.3, -0.25) is 4.72 Å². The van der Waals surface area contributed by atoms with E-state index in [-0.39, 0.29) is 5.69 Å². The summed E-state index contributed by atoms with van der Waals surface area (Å²) >= 11 is 2.46. The molecule has 0 radical (unpaired) electrons. The third-order valence-corrected chi connectivity index (χ3v) is 5.78. The van der Waals surface area contributed by atoms with Crippen molar-refractivity contribution in [1.29, 1.82) is 0 Å². The first kappa shape index (κ1) is 15.1. The molecule has 20 heavy (non-hydrogen) atoms. The van der Waals surface area contributed by atoms with Crippen molar-refractivity contribution in [3.8, 4) is 0 Å². The molecule has 0 spiro atoms. The van der Waals surface area contributed by atoms with Gasteiger partial charge in [-0.05, 0) is 40.8 Å². The number of carboxylic acid groups (broad SMARTS) is 1. The number of hydrogen-bond acceptors (Lipinski definition) is 5. The number of nitrogens with zero attached hydrogens (tertiary/aromatic N) is 1. The first-order valence-corrected chi connectivity index (χ1v) is 8.40. The van der Waals surface area contributed by atoms with Crippen molar-refractivity contribution in [2.45, 2.75) is 4.21 Å². The zero-order valence-corrected chi connectivity index (χ0v) is 13.3. The minimum atomic E-state index is -4.08. The molecular formula is C10H6FIN2O4S2. The lowest BCUT2D eigenvalue weighted by atomic mass is 10.3. The van der Waals surface area contributed by atoms with Gasteiger partial charge in [-0.15, -0.1) is 11.3 Å². The molecule has 0 bridgehead atoms. The summed E-state index contributed by atoms with van der Waals surface area (Å²) in [6.45, 7) is 0. The quantitative estimate of drug-likeness (QED) is 0.730. The van der Waals surface area contributed by atoms with E-state index in [1.807, 2.05) is 0 Å². The number of carbonyl (C=O) groups is 1. The predicted octanol–water partition coefficient (Wildman–Crippen LogP) is 2.39. The van der Waals surface area contributed by atoms with Crippen molar-refractivity contribution in [2.75, 3.05) is 4.72 Å². The molecule has 0 saturated heterocycles. The normalized spacial score (nSPS) is 11.3. The highest BCUT2D eigenvalue weighted by Gasteiger charge is 2.26. The van der Waals surface area contributed by atoms with Crippen molar-refractivity contribution < 1.29 is 22.7 Å². The molecule has 0 aliphatic carbocycles. The van der Waals surface area contributed by atoms with Gasteiger partial charge in [0.05, 0.1) is 11.2 Å². The zero-order valence-electron chi connectivity index (χ0n) is 9.50. The number of benzene rings is 1. The Morgan fingerprint density at radius 3 is 2.75 bits per heavy atom. The molecule has 0 fully saturated rings. The number of hydrogen-bond donors (Lipinski definition) is 2. The van der Waals surface area contributed by atoms with Crippen LogP contribution in [0.3, 0.4) is 0 Å². The molecule has 1 aromatic heterocycles. The minimum absolute atomic E-state index is 0.164. The highest BCUT2D eigenvalue weighted by atomic mass is 127. The number of carboxylic acids is 1. The van der Waals surface area contributed by atoms with Gasteiger partial charge in [0.25, 0.3) is 10.0 Å². The number of rotatable bonds is 4. The average molecular weight is 428 g/mol. The Labute approximate surface area is 130 Å². The van der Waals surface area contributed by atoms with Gasteiger partial charge in [0.1, 0.15) is 5.82 Å². The molecule has 0 amide bonds. The van der Waals surface area contributed by atoms with Gasteiger partial charge >= 0.3 is 5.97 Å². The fraction of sp³-hybridized carbons (Fsp3) is 0. The molecule has 6 nitrogen and oxygen atoms in total. The molecule has 2 N–H and O–H groups in total. The highest BCUT2D eigenvalue weighted by molar-refractivity contribution is 14.1. The van der Waals surface area contributed by atoms with Crippen molar-refractivity contribution in [3.63, 3.8) is 0 Å². The third-order valence-electron chi connectivity index (χ3n) is 2.16. The van der Waals surface area contributed by atoms with Crippen LogP contribution in [0.15, 0.2) is 27.9 Å². The third kappa shape index (κ3) is 3.07. The summed E-state index contributed by atoms with van der Waals surface area (Å²) in [6.07, 6.45) is 0. The van der Waals surface area contributed by atoms with E-state index in [1.54, 1.807) is 22.6 Å². The number of sulfonamides is 1. The zero-order chi connectivity index (χ0) is 14.9. The van der Waals surface area contributed by atoms with E-state index in [9.17, 15) is 17.6 Å². The maximum absolute atomic E-state index is 13.0. The Kier molecular flexibility index (Phi) is 4.25. The van der Waals surface area contributed by atoms with Crippen LogP contribution in [0.2, 0.25) is 0 Å². The van der Waals surface area contributed by atoms with Crippen LogP contribution in [0, 0.1) is 9.39 Å². The lowest BCUT2D eigenvalue weighted by molar-refractivity contribution is 0.0687. The first-order chi connectivity index (χ1) is 9.31. The van der Waals surface area contributed by atoms with E-state index >= 15 is 0 Å². The lowest BCUT2D eigenvalue weighted by Gasteiger charge is -2.08. The topological polar surface area (TPSA) is 96.4 Å². The molecular weight excluding hydrogens is 422 g/mol.